The molecule has 1 aliphatic heterocycles. The summed E-state index contributed by atoms with van der Waals surface area (Å²) < 4.78 is 5.99. The Morgan fingerprint density at radius 2 is 1.48 bits per heavy atom. The van der Waals surface area contributed by atoms with Crippen molar-refractivity contribution >= 4 is 11.8 Å². The summed E-state index contributed by atoms with van der Waals surface area (Å²) in [4.78, 5) is 0. The molecule has 0 bridgehead atoms. The van der Waals surface area contributed by atoms with E-state index in [9.17, 15) is 0 Å². The van der Waals surface area contributed by atoms with Crippen LogP contribution in [0, 0.1) is 0 Å². The minimum absolute atomic E-state index is 0.652. The van der Waals surface area contributed by atoms with Crippen molar-refractivity contribution in [3.8, 4) is 11.1 Å². The van der Waals surface area contributed by atoms with Gasteiger partial charge in [-0.05, 0) is 51.9 Å². The first-order chi connectivity index (χ1) is 11.4. The fourth-order valence-electron chi connectivity index (χ4n) is 3.61. The number of fused-ring (bicyclic) bond motifs is 4. The number of benzene rings is 3. The number of hydrogen-bond acceptors (Lipinski definition) is 1. The van der Waals surface area contributed by atoms with Gasteiger partial charge in [-0.15, -0.1) is 0 Å². The first kappa shape index (κ1) is 12.7. The predicted molar refractivity (Wildman–Crippen MR) is 93.8 cm³/mol. The van der Waals surface area contributed by atoms with Crippen LogP contribution < -0.4 is 0 Å². The molecule has 5 rings (SSSR count). The summed E-state index contributed by atoms with van der Waals surface area (Å²) in [7, 11) is 0. The molecular weight excluding hydrogens is 280 g/mol. The van der Waals surface area contributed by atoms with Gasteiger partial charge in [-0.2, -0.15) is 0 Å². The van der Waals surface area contributed by atoms with Crippen molar-refractivity contribution < 1.29 is 4.74 Å². The van der Waals surface area contributed by atoms with Crippen molar-refractivity contribution in [2.75, 3.05) is 0 Å². The summed E-state index contributed by atoms with van der Waals surface area (Å²) in [5.74, 6) is 0.974. The average Bonchev–Trinajstić information content (AvgIpc) is 2.99. The second-order valence-electron chi connectivity index (χ2n) is 6.20. The molecule has 0 spiro atoms. The molecule has 0 radical (unpaired) electrons. The van der Waals surface area contributed by atoms with Gasteiger partial charge in [-0.3, -0.25) is 0 Å². The molecule has 0 atom stereocenters. The largest absolute Gasteiger partial charge is 0.488 e. The smallest absolute Gasteiger partial charge is 0.127 e. The quantitative estimate of drug-likeness (QED) is 0.464. The Labute approximate surface area is 135 Å². The van der Waals surface area contributed by atoms with E-state index in [0.717, 1.165) is 12.2 Å². The molecule has 1 heterocycles. The van der Waals surface area contributed by atoms with Crippen LogP contribution in [0.25, 0.3) is 23.0 Å². The second-order valence-corrected chi connectivity index (χ2v) is 6.20. The van der Waals surface area contributed by atoms with Crippen LogP contribution in [0.4, 0.5) is 0 Å². The van der Waals surface area contributed by atoms with Crippen molar-refractivity contribution in [1.82, 2.24) is 0 Å². The van der Waals surface area contributed by atoms with Gasteiger partial charge in [0.25, 0.3) is 0 Å². The number of hydrogen-bond donors (Lipinski definition) is 0. The third-order valence-corrected chi connectivity index (χ3v) is 4.80. The van der Waals surface area contributed by atoms with Crippen molar-refractivity contribution in [3.63, 3.8) is 0 Å². The van der Waals surface area contributed by atoms with Crippen LogP contribution in [-0.4, -0.2) is 0 Å². The molecule has 3 aromatic carbocycles. The highest BCUT2D eigenvalue weighted by Crippen LogP contribution is 2.38. The molecule has 110 valence electrons. The molecule has 0 unspecified atom stereocenters. The Hall–Kier alpha value is -2.80. The lowest BCUT2D eigenvalue weighted by molar-refractivity contribution is 0.262. The zero-order chi connectivity index (χ0) is 15.2. The monoisotopic (exact) mass is 296 g/mol. The summed E-state index contributed by atoms with van der Waals surface area (Å²) in [6, 6.07) is 23.8. The summed E-state index contributed by atoms with van der Waals surface area (Å²) in [5, 5.41) is 0. The standard InChI is InChI=1S/C22H16O/c1-2-7-18-14-23-22(13-15(18)5-1)17-9-10-21-19(12-17)11-16-6-3-4-8-20(16)21/h1-10,12-13H,11,14H2. The van der Waals surface area contributed by atoms with Crippen LogP contribution in [0.15, 0.2) is 66.7 Å². The number of ether oxygens (including phenoxy) is 1. The lowest BCUT2D eigenvalue weighted by atomic mass is 9.99. The van der Waals surface area contributed by atoms with E-state index in [1.54, 1.807) is 0 Å². The maximum Gasteiger partial charge on any atom is 0.127 e. The van der Waals surface area contributed by atoms with Crippen molar-refractivity contribution in [3.05, 3.63) is 94.5 Å². The fraction of sp³-hybridized carbons (Fsp3) is 0.0909. The minimum atomic E-state index is 0.652. The van der Waals surface area contributed by atoms with Gasteiger partial charge < -0.3 is 4.74 Å². The zero-order valence-electron chi connectivity index (χ0n) is 12.8. The highest BCUT2D eigenvalue weighted by molar-refractivity contribution is 5.83. The molecule has 3 aromatic rings. The minimum Gasteiger partial charge on any atom is -0.488 e. The topological polar surface area (TPSA) is 9.23 Å². The maximum absolute atomic E-state index is 5.99. The third kappa shape index (κ3) is 2.01. The summed E-state index contributed by atoms with van der Waals surface area (Å²) >= 11 is 0. The van der Waals surface area contributed by atoms with Crippen LogP contribution in [0.1, 0.15) is 27.8 Å². The van der Waals surface area contributed by atoms with Gasteiger partial charge in [0.15, 0.2) is 0 Å². The number of rotatable bonds is 1. The van der Waals surface area contributed by atoms with Crippen LogP contribution >= 0.6 is 0 Å². The molecule has 1 heteroatoms. The molecule has 0 N–H and O–H groups in total. The molecule has 0 saturated heterocycles. The average molecular weight is 296 g/mol. The van der Waals surface area contributed by atoms with Crippen molar-refractivity contribution in [1.29, 1.82) is 0 Å². The van der Waals surface area contributed by atoms with E-state index >= 15 is 0 Å². The highest BCUT2D eigenvalue weighted by Gasteiger charge is 2.20. The lowest BCUT2D eigenvalue weighted by Crippen LogP contribution is -2.02. The molecular formula is C22H16O. The lowest BCUT2D eigenvalue weighted by Gasteiger charge is -2.18. The molecule has 1 nitrogen and oxygen atoms in total. The van der Waals surface area contributed by atoms with Gasteiger partial charge >= 0.3 is 0 Å². The Morgan fingerprint density at radius 1 is 0.696 bits per heavy atom. The molecule has 2 aliphatic rings. The van der Waals surface area contributed by atoms with E-state index in [-0.39, 0.29) is 0 Å². The molecule has 1 aliphatic carbocycles. The molecule has 0 amide bonds. The van der Waals surface area contributed by atoms with E-state index in [1.807, 2.05) is 0 Å². The van der Waals surface area contributed by atoms with Gasteiger partial charge in [0.2, 0.25) is 0 Å². The van der Waals surface area contributed by atoms with Crippen LogP contribution in [0.5, 0.6) is 0 Å². The Bertz CT molecular complexity index is 950. The van der Waals surface area contributed by atoms with E-state index in [4.69, 9.17) is 4.74 Å². The van der Waals surface area contributed by atoms with Gasteiger partial charge in [0.1, 0.15) is 12.4 Å². The second kappa shape index (κ2) is 4.85. The summed E-state index contributed by atoms with van der Waals surface area (Å²) in [6.07, 6.45) is 3.17. The van der Waals surface area contributed by atoms with Gasteiger partial charge in [0.05, 0.1) is 0 Å². The van der Waals surface area contributed by atoms with Crippen molar-refractivity contribution in [2.45, 2.75) is 13.0 Å². The molecule has 0 saturated carbocycles. The Balaban J connectivity index is 1.57. The van der Waals surface area contributed by atoms with Gasteiger partial charge in [-0.1, -0.05) is 60.7 Å². The predicted octanol–water partition coefficient (Wildman–Crippen LogP) is 5.29. The summed E-state index contributed by atoms with van der Waals surface area (Å²) in [6.45, 7) is 0.652. The first-order valence-corrected chi connectivity index (χ1v) is 8.02. The Morgan fingerprint density at radius 3 is 2.43 bits per heavy atom. The van der Waals surface area contributed by atoms with E-state index in [2.05, 4.69) is 72.8 Å². The SMILES string of the molecule is C1=C(c2ccc3c(c2)Cc2ccccc2-3)OCc2ccccc21. The van der Waals surface area contributed by atoms with E-state index in [0.29, 0.717) is 6.61 Å². The Kier molecular flexibility index (Phi) is 2.68. The fourth-order valence-corrected chi connectivity index (χ4v) is 3.61. The maximum atomic E-state index is 5.99. The van der Waals surface area contributed by atoms with Crippen LogP contribution in [0.3, 0.4) is 0 Å². The van der Waals surface area contributed by atoms with E-state index in [1.165, 1.54) is 38.9 Å². The first-order valence-electron chi connectivity index (χ1n) is 8.02. The van der Waals surface area contributed by atoms with Crippen molar-refractivity contribution in [2.24, 2.45) is 0 Å². The normalized spacial score (nSPS) is 14.3. The molecule has 23 heavy (non-hydrogen) atoms. The van der Waals surface area contributed by atoms with E-state index < -0.39 is 0 Å². The molecule has 0 fully saturated rings. The highest BCUT2D eigenvalue weighted by atomic mass is 16.5. The van der Waals surface area contributed by atoms with Gasteiger partial charge in [-0.25, -0.2) is 0 Å². The van der Waals surface area contributed by atoms with Gasteiger partial charge in [0, 0.05) is 5.56 Å². The van der Waals surface area contributed by atoms with Crippen LogP contribution in [-0.2, 0) is 17.8 Å². The zero-order valence-corrected chi connectivity index (χ0v) is 12.8. The van der Waals surface area contributed by atoms with Crippen LogP contribution in [0.2, 0.25) is 0 Å². The molecule has 0 aromatic heterocycles. The summed E-state index contributed by atoms with van der Waals surface area (Å²) in [5.41, 5.74) is 9.24. The third-order valence-electron chi connectivity index (χ3n) is 4.80.